The third kappa shape index (κ3) is 2.91. The molecule has 1 unspecified atom stereocenters. The summed E-state index contributed by atoms with van der Waals surface area (Å²) in [6, 6.07) is 4.27. The molecular weight excluding hydrogens is 212 g/mol. The first-order valence-corrected chi connectivity index (χ1v) is 4.78. The number of ether oxygens (including phenoxy) is 1. The average Bonchev–Trinajstić information content (AvgIpc) is 2.29. The normalized spacial score (nSPS) is 12.2. The van der Waals surface area contributed by atoms with Gasteiger partial charge in [0.05, 0.1) is 24.2 Å². The lowest BCUT2D eigenvalue weighted by atomic mass is 10.1. The summed E-state index contributed by atoms with van der Waals surface area (Å²) in [6.45, 7) is 0.139. The molecule has 0 saturated carbocycles. The summed E-state index contributed by atoms with van der Waals surface area (Å²) in [4.78, 5) is 10.0. The maximum Gasteiger partial charge on any atom is 0.273 e. The lowest BCUT2D eigenvalue weighted by Crippen LogP contribution is -2.22. The first kappa shape index (κ1) is 12.4. The molecule has 6 nitrogen and oxygen atoms in total. The van der Waals surface area contributed by atoms with Crippen molar-refractivity contribution in [2.75, 3.05) is 13.7 Å². The molecule has 0 aliphatic heterocycles. The number of hydrogen-bond acceptors (Lipinski definition) is 5. The van der Waals surface area contributed by atoms with Crippen molar-refractivity contribution in [3.05, 3.63) is 33.9 Å². The van der Waals surface area contributed by atoms with E-state index < -0.39 is 11.0 Å². The van der Waals surface area contributed by atoms with Gasteiger partial charge in [0.1, 0.15) is 5.75 Å². The van der Waals surface area contributed by atoms with Gasteiger partial charge in [-0.25, -0.2) is 0 Å². The zero-order valence-corrected chi connectivity index (χ0v) is 8.92. The summed E-state index contributed by atoms with van der Waals surface area (Å²) in [5, 5.41) is 19.9. The smallest absolute Gasteiger partial charge is 0.273 e. The Labute approximate surface area is 92.8 Å². The monoisotopic (exact) mass is 226 g/mol. The molecule has 0 heterocycles. The van der Waals surface area contributed by atoms with E-state index >= 15 is 0 Å². The highest BCUT2D eigenvalue weighted by molar-refractivity contribution is 5.44. The quantitative estimate of drug-likeness (QED) is 0.561. The Hall–Kier alpha value is -1.66. The summed E-state index contributed by atoms with van der Waals surface area (Å²) in [5.41, 5.74) is 5.95. The van der Waals surface area contributed by atoms with Crippen molar-refractivity contribution in [2.24, 2.45) is 5.73 Å². The molecule has 0 saturated heterocycles. The van der Waals surface area contributed by atoms with Crippen LogP contribution in [-0.4, -0.2) is 29.8 Å². The number of nitrogens with two attached hydrogens (primary N) is 1. The fraction of sp³-hybridized carbons (Fsp3) is 0.400. The van der Waals surface area contributed by atoms with E-state index in [2.05, 4.69) is 0 Å². The molecule has 88 valence electrons. The van der Waals surface area contributed by atoms with Gasteiger partial charge in [0.2, 0.25) is 0 Å². The minimum Gasteiger partial charge on any atom is -0.496 e. The first-order valence-electron chi connectivity index (χ1n) is 4.78. The molecule has 1 aromatic carbocycles. The number of nitro groups is 1. The number of aliphatic hydroxyl groups is 1. The summed E-state index contributed by atoms with van der Waals surface area (Å²) in [7, 11) is 1.43. The second-order valence-corrected chi connectivity index (χ2v) is 3.35. The Balaban J connectivity index is 2.97. The van der Waals surface area contributed by atoms with Gasteiger partial charge in [0.25, 0.3) is 5.69 Å². The summed E-state index contributed by atoms with van der Waals surface area (Å²) >= 11 is 0. The fourth-order valence-corrected chi connectivity index (χ4v) is 1.35. The van der Waals surface area contributed by atoms with Crippen LogP contribution < -0.4 is 10.5 Å². The van der Waals surface area contributed by atoms with Gasteiger partial charge in [-0.2, -0.15) is 0 Å². The maximum absolute atomic E-state index is 10.5. The van der Waals surface area contributed by atoms with Crippen LogP contribution in [0.2, 0.25) is 0 Å². The lowest BCUT2D eigenvalue weighted by Gasteiger charge is -2.11. The van der Waals surface area contributed by atoms with Crippen molar-refractivity contribution in [3.63, 3.8) is 0 Å². The van der Waals surface area contributed by atoms with Crippen LogP contribution in [0.5, 0.6) is 5.75 Å². The third-order valence-corrected chi connectivity index (χ3v) is 2.21. The van der Waals surface area contributed by atoms with E-state index in [4.69, 9.17) is 10.5 Å². The predicted molar refractivity (Wildman–Crippen MR) is 58.4 cm³/mol. The first-order chi connectivity index (χ1) is 7.58. The molecule has 0 bridgehead atoms. The number of hydrogen-bond donors (Lipinski definition) is 2. The molecule has 0 aliphatic carbocycles. The SMILES string of the molecule is COc1cc([N+](=O)[O-])ccc1CC(O)CN. The molecule has 1 aromatic rings. The van der Waals surface area contributed by atoms with Gasteiger partial charge in [-0.3, -0.25) is 10.1 Å². The molecule has 0 radical (unpaired) electrons. The van der Waals surface area contributed by atoms with E-state index in [-0.39, 0.29) is 12.2 Å². The number of benzene rings is 1. The molecule has 1 atom stereocenters. The zero-order chi connectivity index (χ0) is 12.1. The van der Waals surface area contributed by atoms with Crippen LogP contribution in [-0.2, 0) is 6.42 Å². The van der Waals surface area contributed by atoms with E-state index in [0.717, 1.165) is 0 Å². The van der Waals surface area contributed by atoms with Crippen LogP contribution in [0.1, 0.15) is 5.56 Å². The Morgan fingerprint density at radius 2 is 2.31 bits per heavy atom. The predicted octanol–water partition coefficient (Wildman–Crippen LogP) is 0.465. The standard InChI is InChI=1S/C10H14N2O4/c1-16-10-5-8(12(14)15)3-2-7(10)4-9(13)6-11/h2-3,5,9,13H,4,6,11H2,1H3. The molecule has 0 spiro atoms. The van der Waals surface area contributed by atoms with Crippen molar-refractivity contribution in [1.82, 2.24) is 0 Å². The highest BCUT2D eigenvalue weighted by atomic mass is 16.6. The number of nitrogens with zero attached hydrogens (tertiary/aromatic N) is 1. The lowest BCUT2D eigenvalue weighted by molar-refractivity contribution is -0.384. The second kappa shape index (κ2) is 5.43. The summed E-state index contributed by atoms with van der Waals surface area (Å²) in [5.74, 6) is 0.390. The van der Waals surface area contributed by atoms with Gasteiger partial charge in [-0.15, -0.1) is 0 Å². The van der Waals surface area contributed by atoms with Crippen LogP contribution in [0, 0.1) is 10.1 Å². The Morgan fingerprint density at radius 3 is 2.81 bits per heavy atom. The Morgan fingerprint density at radius 1 is 1.62 bits per heavy atom. The van der Waals surface area contributed by atoms with Crippen molar-refractivity contribution in [2.45, 2.75) is 12.5 Å². The highest BCUT2D eigenvalue weighted by Gasteiger charge is 2.13. The molecule has 0 fully saturated rings. The number of non-ortho nitro benzene ring substituents is 1. The van der Waals surface area contributed by atoms with Crippen molar-refractivity contribution >= 4 is 5.69 Å². The van der Waals surface area contributed by atoms with Gasteiger partial charge in [-0.1, -0.05) is 0 Å². The van der Waals surface area contributed by atoms with E-state index in [1.165, 1.54) is 19.2 Å². The zero-order valence-electron chi connectivity index (χ0n) is 8.92. The average molecular weight is 226 g/mol. The number of aliphatic hydroxyl groups excluding tert-OH is 1. The van der Waals surface area contributed by atoms with Gasteiger partial charge in [0.15, 0.2) is 0 Å². The van der Waals surface area contributed by atoms with Gasteiger partial charge in [0, 0.05) is 19.0 Å². The van der Waals surface area contributed by atoms with Crippen LogP contribution >= 0.6 is 0 Å². The van der Waals surface area contributed by atoms with E-state index in [1.54, 1.807) is 6.07 Å². The molecule has 6 heteroatoms. The van der Waals surface area contributed by atoms with Crippen molar-refractivity contribution in [3.8, 4) is 5.75 Å². The topological polar surface area (TPSA) is 98.6 Å². The van der Waals surface area contributed by atoms with Crippen LogP contribution in [0.15, 0.2) is 18.2 Å². The van der Waals surface area contributed by atoms with Gasteiger partial charge < -0.3 is 15.6 Å². The van der Waals surface area contributed by atoms with E-state index in [9.17, 15) is 15.2 Å². The van der Waals surface area contributed by atoms with Crippen molar-refractivity contribution < 1.29 is 14.8 Å². The second-order valence-electron chi connectivity index (χ2n) is 3.35. The molecule has 3 N–H and O–H groups in total. The summed E-state index contributed by atoms with van der Waals surface area (Å²) < 4.78 is 5.03. The highest BCUT2D eigenvalue weighted by Crippen LogP contribution is 2.25. The molecule has 0 aliphatic rings. The molecule has 0 aromatic heterocycles. The minimum atomic E-state index is -0.671. The third-order valence-electron chi connectivity index (χ3n) is 2.21. The Kier molecular flexibility index (Phi) is 4.21. The fourth-order valence-electron chi connectivity index (χ4n) is 1.35. The van der Waals surface area contributed by atoms with E-state index in [0.29, 0.717) is 17.7 Å². The molecule has 16 heavy (non-hydrogen) atoms. The maximum atomic E-state index is 10.5. The molecule has 0 amide bonds. The number of rotatable bonds is 5. The number of methoxy groups -OCH3 is 1. The molecular formula is C10H14N2O4. The van der Waals surface area contributed by atoms with Crippen LogP contribution in [0.4, 0.5) is 5.69 Å². The molecule has 1 rings (SSSR count). The number of nitro benzene ring substituents is 1. The van der Waals surface area contributed by atoms with Gasteiger partial charge in [-0.05, 0) is 11.6 Å². The minimum absolute atomic E-state index is 0.0390. The van der Waals surface area contributed by atoms with Crippen LogP contribution in [0.25, 0.3) is 0 Å². The van der Waals surface area contributed by atoms with Crippen molar-refractivity contribution in [1.29, 1.82) is 0 Å². The summed E-state index contributed by atoms with van der Waals surface area (Å²) in [6.07, 6.45) is -0.354. The largest absolute Gasteiger partial charge is 0.496 e. The Bertz CT molecular complexity index is 381. The van der Waals surface area contributed by atoms with Gasteiger partial charge >= 0.3 is 0 Å². The van der Waals surface area contributed by atoms with Crippen LogP contribution in [0.3, 0.4) is 0 Å². The van der Waals surface area contributed by atoms with E-state index in [1.807, 2.05) is 0 Å².